The lowest BCUT2D eigenvalue weighted by atomic mass is 10.3. The van der Waals surface area contributed by atoms with Crippen LogP contribution in [0.1, 0.15) is 0 Å². The number of likely N-dealkylation sites (N-methyl/N-ethyl adjacent to an activating group) is 1. The van der Waals surface area contributed by atoms with Crippen LogP contribution in [-0.2, 0) is 6.54 Å². The average molecular weight is 379 g/mol. The van der Waals surface area contributed by atoms with Crippen molar-refractivity contribution in [2.75, 3.05) is 39.8 Å². The van der Waals surface area contributed by atoms with Gasteiger partial charge in [-0.05, 0) is 45.0 Å². The summed E-state index contributed by atoms with van der Waals surface area (Å²) in [6.45, 7) is 6.05. The maximum atomic E-state index is 11.9. The molecule has 4 nitrogen and oxygen atoms in total. The summed E-state index contributed by atoms with van der Waals surface area (Å²) in [5.74, 6) is 0. The van der Waals surface area contributed by atoms with Gasteiger partial charge in [0.25, 0.3) is 5.56 Å². The van der Waals surface area contributed by atoms with Crippen molar-refractivity contribution in [2.45, 2.75) is 6.54 Å². The third-order valence-corrected chi connectivity index (χ3v) is 4.26. The number of aromatic nitrogens is 1. The molecule has 0 amide bonds. The normalized spacial score (nSPS) is 18.2. The Morgan fingerprint density at radius 3 is 2.50 bits per heavy atom. The van der Waals surface area contributed by atoms with Crippen LogP contribution in [0.4, 0.5) is 0 Å². The molecule has 0 N–H and O–H groups in total. The lowest BCUT2D eigenvalue weighted by Gasteiger charge is -2.32. The van der Waals surface area contributed by atoms with Crippen molar-refractivity contribution in [2.24, 2.45) is 0 Å². The highest BCUT2D eigenvalue weighted by Crippen LogP contribution is 2.12. The largest absolute Gasteiger partial charge is 0.312 e. The molecule has 0 spiro atoms. The maximum Gasteiger partial charge on any atom is 0.264 e. The molecular formula is C12H17Br2N3O. The molecule has 0 unspecified atom stereocenters. The minimum atomic E-state index is 0.0346. The number of halogens is 2. The van der Waals surface area contributed by atoms with Gasteiger partial charge in [0.05, 0.1) is 4.47 Å². The van der Waals surface area contributed by atoms with Crippen LogP contribution in [0.3, 0.4) is 0 Å². The second kappa shape index (κ2) is 6.32. The number of piperazine rings is 1. The van der Waals surface area contributed by atoms with Crippen molar-refractivity contribution in [1.29, 1.82) is 0 Å². The van der Waals surface area contributed by atoms with Crippen molar-refractivity contribution < 1.29 is 0 Å². The summed E-state index contributed by atoms with van der Waals surface area (Å²) in [7, 11) is 2.15. The van der Waals surface area contributed by atoms with E-state index >= 15 is 0 Å². The molecule has 18 heavy (non-hydrogen) atoms. The summed E-state index contributed by atoms with van der Waals surface area (Å²) < 4.78 is 3.29. The monoisotopic (exact) mass is 377 g/mol. The SMILES string of the molecule is CN1CCN(CCn2cc(Br)cc(Br)c2=O)CC1. The Morgan fingerprint density at radius 2 is 1.83 bits per heavy atom. The minimum absolute atomic E-state index is 0.0346. The molecule has 1 aromatic heterocycles. The van der Waals surface area contributed by atoms with E-state index in [2.05, 4.69) is 48.7 Å². The van der Waals surface area contributed by atoms with Crippen LogP contribution in [0, 0.1) is 0 Å². The van der Waals surface area contributed by atoms with Crippen LogP contribution in [0.25, 0.3) is 0 Å². The third-order valence-electron chi connectivity index (χ3n) is 3.26. The molecule has 0 radical (unpaired) electrons. The Bertz CT molecular complexity index is 467. The second-order valence-electron chi connectivity index (χ2n) is 4.65. The lowest BCUT2D eigenvalue weighted by Crippen LogP contribution is -2.45. The van der Waals surface area contributed by atoms with Gasteiger partial charge >= 0.3 is 0 Å². The fourth-order valence-electron chi connectivity index (χ4n) is 2.05. The van der Waals surface area contributed by atoms with E-state index in [1.54, 1.807) is 10.6 Å². The predicted octanol–water partition coefficient (Wildman–Crippen LogP) is 1.62. The molecule has 0 bridgehead atoms. The number of nitrogens with zero attached hydrogens (tertiary/aromatic N) is 3. The molecule has 0 atom stereocenters. The van der Waals surface area contributed by atoms with Gasteiger partial charge < -0.3 is 9.47 Å². The Balaban J connectivity index is 1.96. The zero-order valence-corrected chi connectivity index (χ0v) is 13.6. The molecule has 0 aromatic carbocycles. The quantitative estimate of drug-likeness (QED) is 0.800. The van der Waals surface area contributed by atoms with Gasteiger partial charge in [-0.1, -0.05) is 0 Å². The standard InChI is InChI=1S/C12H17Br2N3O/c1-15-2-4-16(5-3-15)6-7-17-9-10(13)8-11(14)12(17)18/h8-9H,2-7H2,1H3. The van der Waals surface area contributed by atoms with Crippen LogP contribution in [0.5, 0.6) is 0 Å². The van der Waals surface area contributed by atoms with Gasteiger partial charge in [-0.15, -0.1) is 0 Å². The van der Waals surface area contributed by atoms with E-state index in [4.69, 9.17) is 0 Å². The molecule has 6 heteroatoms. The first kappa shape index (κ1) is 14.2. The van der Waals surface area contributed by atoms with Crippen molar-refractivity contribution in [1.82, 2.24) is 14.4 Å². The smallest absolute Gasteiger partial charge is 0.264 e. The molecule has 100 valence electrons. The number of hydrogen-bond donors (Lipinski definition) is 0. The van der Waals surface area contributed by atoms with Crippen LogP contribution in [-0.4, -0.2) is 54.1 Å². The van der Waals surface area contributed by atoms with Crippen LogP contribution >= 0.6 is 31.9 Å². The Kier molecular flexibility index (Phi) is 5.00. The second-order valence-corrected chi connectivity index (χ2v) is 6.42. The molecule has 0 saturated carbocycles. The molecule has 1 aromatic rings. The van der Waals surface area contributed by atoms with Gasteiger partial charge in [0, 0.05) is 49.9 Å². The van der Waals surface area contributed by atoms with E-state index in [0.29, 0.717) is 4.47 Å². The zero-order chi connectivity index (χ0) is 13.1. The predicted molar refractivity (Wildman–Crippen MR) is 80.0 cm³/mol. The van der Waals surface area contributed by atoms with Crippen molar-refractivity contribution in [3.05, 3.63) is 31.6 Å². The number of pyridine rings is 1. The molecular weight excluding hydrogens is 362 g/mol. The Labute approximate surface area is 124 Å². The van der Waals surface area contributed by atoms with E-state index in [0.717, 1.165) is 43.7 Å². The molecule has 2 heterocycles. The average Bonchev–Trinajstić information content (AvgIpc) is 2.34. The number of rotatable bonds is 3. The molecule has 1 fully saturated rings. The van der Waals surface area contributed by atoms with Crippen molar-refractivity contribution in [3.63, 3.8) is 0 Å². The first-order chi connectivity index (χ1) is 8.56. The van der Waals surface area contributed by atoms with Crippen LogP contribution < -0.4 is 5.56 Å². The van der Waals surface area contributed by atoms with Crippen molar-refractivity contribution in [3.8, 4) is 0 Å². The molecule has 1 aliphatic heterocycles. The zero-order valence-electron chi connectivity index (χ0n) is 10.4. The summed E-state index contributed by atoms with van der Waals surface area (Å²) in [5.41, 5.74) is 0.0346. The highest BCUT2D eigenvalue weighted by Gasteiger charge is 2.13. The topological polar surface area (TPSA) is 28.5 Å². The highest BCUT2D eigenvalue weighted by molar-refractivity contribution is 9.11. The van der Waals surface area contributed by atoms with Gasteiger partial charge in [0.1, 0.15) is 0 Å². The van der Waals surface area contributed by atoms with Gasteiger partial charge in [-0.2, -0.15) is 0 Å². The maximum absolute atomic E-state index is 11.9. The minimum Gasteiger partial charge on any atom is -0.312 e. The van der Waals surface area contributed by atoms with E-state index < -0.39 is 0 Å². The van der Waals surface area contributed by atoms with Crippen LogP contribution in [0.2, 0.25) is 0 Å². The van der Waals surface area contributed by atoms with Crippen molar-refractivity contribution >= 4 is 31.9 Å². The Morgan fingerprint density at radius 1 is 1.17 bits per heavy atom. The Hall–Kier alpha value is -0.170. The van der Waals surface area contributed by atoms with Crippen LogP contribution in [0.15, 0.2) is 26.0 Å². The molecule has 1 saturated heterocycles. The molecule has 1 aliphatic rings. The summed E-state index contributed by atoms with van der Waals surface area (Å²) in [6, 6.07) is 1.79. The number of hydrogen-bond acceptors (Lipinski definition) is 3. The van der Waals surface area contributed by atoms with Gasteiger partial charge in [0.15, 0.2) is 0 Å². The van der Waals surface area contributed by atoms with E-state index in [1.165, 1.54) is 0 Å². The summed E-state index contributed by atoms with van der Waals surface area (Å²) in [6.07, 6.45) is 1.85. The first-order valence-corrected chi connectivity index (χ1v) is 7.61. The fraction of sp³-hybridized carbons (Fsp3) is 0.583. The molecule has 0 aliphatic carbocycles. The van der Waals surface area contributed by atoms with Gasteiger partial charge in [-0.25, -0.2) is 0 Å². The third kappa shape index (κ3) is 3.66. The summed E-state index contributed by atoms with van der Waals surface area (Å²) >= 11 is 6.70. The highest BCUT2D eigenvalue weighted by atomic mass is 79.9. The summed E-state index contributed by atoms with van der Waals surface area (Å²) in [5, 5.41) is 0. The lowest BCUT2D eigenvalue weighted by molar-refractivity contribution is 0.149. The summed E-state index contributed by atoms with van der Waals surface area (Å²) in [4.78, 5) is 16.6. The van der Waals surface area contributed by atoms with Gasteiger partial charge in [0.2, 0.25) is 0 Å². The first-order valence-electron chi connectivity index (χ1n) is 6.02. The van der Waals surface area contributed by atoms with E-state index in [-0.39, 0.29) is 5.56 Å². The fourth-order valence-corrected chi connectivity index (χ4v) is 3.31. The van der Waals surface area contributed by atoms with E-state index in [9.17, 15) is 4.79 Å². The van der Waals surface area contributed by atoms with Gasteiger partial charge in [-0.3, -0.25) is 9.69 Å². The van der Waals surface area contributed by atoms with E-state index in [1.807, 2.05) is 6.20 Å². The molecule has 2 rings (SSSR count).